The van der Waals surface area contributed by atoms with Crippen LogP contribution in [0.4, 0.5) is 5.69 Å². The van der Waals surface area contributed by atoms with Crippen LogP contribution in [0.2, 0.25) is 0 Å². The van der Waals surface area contributed by atoms with Gasteiger partial charge in [0.05, 0.1) is 6.17 Å². The second kappa shape index (κ2) is 5.87. The molecular formula is C17H21N3O2. The Morgan fingerprint density at radius 2 is 1.82 bits per heavy atom. The summed E-state index contributed by atoms with van der Waals surface area (Å²) in [6, 6.07) is 11.2. The molecule has 0 aromatic heterocycles. The molecule has 22 heavy (non-hydrogen) atoms. The zero-order chi connectivity index (χ0) is 15.7. The summed E-state index contributed by atoms with van der Waals surface area (Å²) in [4.78, 5) is 0. The number of hydrazine groups is 1. The van der Waals surface area contributed by atoms with Crippen LogP contribution in [0.3, 0.4) is 0 Å². The van der Waals surface area contributed by atoms with Gasteiger partial charge >= 0.3 is 0 Å². The first-order chi connectivity index (χ1) is 10.5. The predicted molar refractivity (Wildman–Crippen MR) is 86.7 cm³/mol. The Labute approximate surface area is 130 Å². The number of anilines is 1. The molecule has 2 aromatic rings. The third-order valence-corrected chi connectivity index (χ3v) is 4.07. The number of rotatable bonds is 3. The highest BCUT2D eigenvalue weighted by Crippen LogP contribution is 2.28. The van der Waals surface area contributed by atoms with Gasteiger partial charge in [-0.25, -0.2) is 10.9 Å². The molecule has 0 aliphatic carbocycles. The van der Waals surface area contributed by atoms with Gasteiger partial charge in [0.1, 0.15) is 11.5 Å². The Balaban J connectivity index is 1.68. The van der Waals surface area contributed by atoms with Crippen LogP contribution < -0.4 is 16.2 Å². The number of phenolic OH excluding ortho intramolecular Hbond substituents is 2. The normalized spacial score (nSPS) is 21.0. The lowest BCUT2D eigenvalue weighted by Gasteiger charge is -2.16. The molecule has 116 valence electrons. The maximum absolute atomic E-state index is 9.62. The van der Waals surface area contributed by atoms with Gasteiger partial charge in [0.25, 0.3) is 0 Å². The number of benzene rings is 2. The minimum atomic E-state index is 0.0994. The van der Waals surface area contributed by atoms with E-state index in [-0.39, 0.29) is 18.0 Å². The van der Waals surface area contributed by atoms with Gasteiger partial charge in [0.2, 0.25) is 0 Å². The Bertz CT molecular complexity index is 688. The molecule has 5 nitrogen and oxygen atoms in total. The summed E-state index contributed by atoms with van der Waals surface area (Å²) in [5.74, 6) is 0.599. The molecule has 1 heterocycles. The first kappa shape index (κ1) is 14.7. The summed E-state index contributed by atoms with van der Waals surface area (Å²) in [5, 5.41) is 22.5. The molecule has 3 rings (SSSR count). The number of hydrogen-bond donors (Lipinski definition) is 5. The van der Waals surface area contributed by atoms with Crippen molar-refractivity contribution in [3.05, 3.63) is 53.1 Å². The smallest absolute Gasteiger partial charge is 0.118 e. The summed E-state index contributed by atoms with van der Waals surface area (Å²) in [7, 11) is 0. The van der Waals surface area contributed by atoms with Gasteiger partial charge in [-0.2, -0.15) is 0 Å². The van der Waals surface area contributed by atoms with E-state index in [4.69, 9.17) is 0 Å². The van der Waals surface area contributed by atoms with E-state index in [0.29, 0.717) is 5.75 Å². The molecule has 2 aromatic carbocycles. The van der Waals surface area contributed by atoms with E-state index in [1.54, 1.807) is 18.2 Å². The number of nitrogens with one attached hydrogen (secondary N) is 3. The fourth-order valence-electron chi connectivity index (χ4n) is 2.76. The minimum Gasteiger partial charge on any atom is -0.508 e. The second-order valence-electron chi connectivity index (χ2n) is 5.82. The van der Waals surface area contributed by atoms with Crippen molar-refractivity contribution in [3.8, 4) is 11.5 Å². The quantitative estimate of drug-likeness (QED) is 0.563. The second-order valence-corrected chi connectivity index (χ2v) is 5.82. The lowest BCUT2D eigenvalue weighted by atomic mass is 10.0. The third-order valence-electron chi connectivity index (χ3n) is 4.07. The fraction of sp³-hybridized carbons (Fsp3) is 0.294. The van der Waals surface area contributed by atoms with Crippen molar-refractivity contribution in [3.63, 3.8) is 0 Å². The van der Waals surface area contributed by atoms with Crippen LogP contribution in [0.5, 0.6) is 11.5 Å². The Kier molecular flexibility index (Phi) is 3.92. The average molecular weight is 299 g/mol. The lowest BCUT2D eigenvalue weighted by molar-refractivity contribution is 0.470. The average Bonchev–Trinajstić information content (AvgIpc) is 2.93. The maximum atomic E-state index is 9.62. The molecule has 0 saturated carbocycles. The van der Waals surface area contributed by atoms with Crippen molar-refractivity contribution in [2.45, 2.75) is 32.5 Å². The van der Waals surface area contributed by atoms with Gasteiger partial charge in [0.15, 0.2) is 0 Å². The zero-order valence-electron chi connectivity index (χ0n) is 12.7. The van der Waals surface area contributed by atoms with Crippen LogP contribution in [-0.4, -0.2) is 16.4 Å². The Morgan fingerprint density at radius 1 is 1.00 bits per heavy atom. The highest BCUT2D eigenvalue weighted by Gasteiger charge is 2.25. The summed E-state index contributed by atoms with van der Waals surface area (Å²) in [6.07, 6.45) is 0.979. The first-order valence-corrected chi connectivity index (χ1v) is 7.39. The van der Waals surface area contributed by atoms with Crippen LogP contribution >= 0.6 is 0 Å². The Morgan fingerprint density at radius 3 is 2.55 bits per heavy atom. The summed E-state index contributed by atoms with van der Waals surface area (Å²) < 4.78 is 0. The van der Waals surface area contributed by atoms with E-state index >= 15 is 0 Å². The van der Waals surface area contributed by atoms with Crippen LogP contribution in [0.15, 0.2) is 36.4 Å². The molecule has 0 amide bonds. The predicted octanol–water partition coefficient (Wildman–Crippen LogP) is 2.69. The van der Waals surface area contributed by atoms with Crippen molar-refractivity contribution in [2.75, 3.05) is 5.32 Å². The van der Waals surface area contributed by atoms with Gasteiger partial charge < -0.3 is 15.5 Å². The minimum absolute atomic E-state index is 0.0994. The maximum Gasteiger partial charge on any atom is 0.118 e. The standard InChI is InChI=1S/C17H21N3O2/c1-10-8-13(21)4-5-14(10)18-17-9-15(19-20-17)12-3-6-16(22)11(2)7-12/h3-8,15,17-22H,9H2,1-2H3. The molecule has 0 spiro atoms. The Hall–Kier alpha value is -2.24. The molecule has 0 radical (unpaired) electrons. The molecule has 1 aliphatic heterocycles. The van der Waals surface area contributed by atoms with E-state index in [1.165, 1.54) is 0 Å². The molecule has 5 N–H and O–H groups in total. The van der Waals surface area contributed by atoms with Crippen molar-refractivity contribution in [2.24, 2.45) is 0 Å². The highest BCUT2D eigenvalue weighted by molar-refractivity contribution is 5.54. The monoisotopic (exact) mass is 299 g/mol. The van der Waals surface area contributed by atoms with Gasteiger partial charge in [-0.15, -0.1) is 0 Å². The summed E-state index contributed by atoms with van der Waals surface area (Å²) >= 11 is 0. The topological polar surface area (TPSA) is 76.5 Å². The van der Waals surface area contributed by atoms with Crippen LogP contribution in [-0.2, 0) is 0 Å². The first-order valence-electron chi connectivity index (χ1n) is 7.39. The van der Waals surface area contributed by atoms with Crippen LogP contribution in [0.1, 0.15) is 29.2 Å². The van der Waals surface area contributed by atoms with E-state index < -0.39 is 0 Å². The van der Waals surface area contributed by atoms with Gasteiger partial charge in [-0.3, -0.25) is 0 Å². The van der Waals surface area contributed by atoms with Crippen molar-refractivity contribution in [1.29, 1.82) is 0 Å². The summed E-state index contributed by atoms with van der Waals surface area (Å²) in [6.45, 7) is 3.86. The molecular weight excluding hydrogens is 278 g/mol. The van der Waals surface area contributed by atoms with Crippen LogP contribution in [0.25, 0.3) is 0 Å². The van der Waals surface area contributed by atoms with E-state index in [0.717, 1.165) is 28.8 Å². The third kappa shape index (κ3) is 3.00. The highest BCUT2D eigenvalue weighted by atomic mass is 16.3. The molecule has 0 bridgehead atoms. The van der Waals surface area contributed by atoms with E-state index in [2.05, 4.69) is 16.2 Å². The molecule has 5 heteroatoms. The van der Waals surface area contributed by atoms with Crippen LogP contribution in [0, 0.1) is 13.8 Å². The molecule has 1 aliphatic rings. The van der Waals surface area contributed by atoms with Crippen molar-refractivity contribution in [1.82, 2.24) is 10.9 Å². The number of hydrogen-bond acceptors (Lipinski definition) is 5. The zero-order valence-corrected chi connectivity index (χ0v) is 12.7. The molecule has 2 unspecified atom stereocenters. The fourth-order valence-corrected chi connectivity index (χ4v) is 2.76. The summed E-state index contributed by atoms with van der Waals surface area (Å²) in [5.41, 5.74) is 10.6. The largest absolute Gasteiger partial charge is 0.508 e. The van der Waals surface area contributed by atoms with E-state index in [1.807, 2.05) is 32.0 Å². The molecule has 1 saturated heterocycles. The van der Waals surface area contributed by atoms with Gasteiger partial charge in [-0.05, 0) is 54.8 Å². The van der Waals surface area contributed by atoms with Crippen molar-refractivity contribution < 1.29 is 10.2 Å². The number of aromatic hydroxyl groups is 2. The SMILES string of the molecule is Cc1cc(C2CC(Nc3ccc(O)cc3C)NN2)ccc1O. The van der Waals surface area contributed by atoms with E-state index in [9.17, 15) is 10.2 Å². The van der Waals surface area contributed by atoms with Gasteiger partial charge in [0, 0.05) is 18.2 Å². The van der Waals surface area contributed by atoms with Crippen molar-refractivity contribution >= 4 is 5.69 Å². The lowest BCUT2D eigenvalue weighted by Crippen LogP contribution is -2.36. The molecule has 2 atom stereocenters. The number of phenols is 2. The number of aryl methyl sites for hydroxylation is 2. The van der Waals surface area contributed by atoms with Gasteiger partial charge in [-0.1, -0.05) is 12.1 Å². The molecule has 1 fully saturated rings.